The van der Waals surface area contributed by atoms with Gasteiger partial charge >= 0.3 is 0 Å². The molecule has 2 rings (SSSR count). The Labute approximate surface area is 126 Å². The van der Waals surface area contributed by atoms with Crippen LogP contribution in [0, 0.1) is 0 Å². The van der Waals surface area contributed by atoms with Crippen LogP contribution in [0.4, 0.5) is 5.69 Å². The molecule has 0 radical (unpaired) electrons. The summed E-state index contributed by atoms with van der Waals surface area (Å²) in [4.78, 5) is 14.7. The van der Waals surface area contributed by atoms with Crippen molar-refractivity contribution in [1.29, 1.82) is 0 Å². The van der Waals surface area contributed by atoms with Gasteiger partial charge in [0.15, 0.2) is 11.5 Å². The fourth-order valence-corrected chi connectivity index (χ4v) is 2.37. The first-order chi connectivity index (χ1) is 10.1. The second kappa shape index (κ2) is 6.70. The SMILES string of the molecule is CCCCN(C(=O)c1cc2c(cc1N)OCO2)C(C)CC. The topological polar surface area (TPSA) is 64.8 Å². The number of carbonyl (C=O) groups excluding carboxylic acids is 1. The maximum Gasteiger partial charge on any atom is 0.256 e. The molecule has 21 heavy (non-hydrogen) atoms. The molecule has 1 aliphatic rings. The van der Waals surface area contributed by atoms with E-state index in [9.17, 15) is 4.79 Å². The summed E-state index contributed by atoms with van der Waals surface area (Å²) >= 11 is 0. The molecule has 1 aromatic carbocycles. The van der Waals surface area contributed by atoms with E-state index in [-0.39, 0.29) is 18.7 Å². The Morgan fingerprint density at radius 3 is 2.62 bits per heavy atom. The number of hydrogen-bond donors (Lipinski definition) is 1. The van der Waals surface area contributed by atoms with Crippen LogP contribution in [-0.4, -0.2) is 30.2 Å². The van der Waals surface area contributed by atoms with Gasteiger partial charge in [0.05, 0.1) is 5.56 Å². The normalized spacial score (nSPS) is 14.0. The third-order valence-corrected chi connectivity index (χ3v) is 3.91. The summed E-state index contributed by atoms with van der Waals surface area (Å²) in [5.41, 5.74) is 6.95. The molecular formula is C16H24N2O3. The highest BCUT2D eigenvalue weighted by Gasteiger charge is 2.25. The number of rotatable bonds is 6. The van der Waals surface area contributed by atoms with Crippen LogP contribution in [0.25, 0.3) is 0 Å². The molecule has 1 atom stereocenters. The summed E-state index contributed by atoms with van der Waals surface area (Å²) in [6.45, 7) is 7.19. The van der Waals surface area contributed by atoms with E-state index in [2.05, 4.69) is 20.8 Å². The number of ether oxygens (including phenoxy) is 2. The van der Waals surface area contributed by atoms with Gasteiger partial charge in [0.2, 0.25) is 6.79 Å². The van der Waals surface area contributed by atoms with E-state index in [1.165, 1.54) is 0 Å². The molecule has 0 bridgehead atoms. The number of anilines is 1. The first kappa shape index (κ1) is 15.5. The molecule has 5 heteroatoms. The monoisotopic (exact) mass is 292 g/mol. The van der Waals surface area contributed by atoms with Gasteiger partial charge in [0.25, 0.3) is 5.91 Å². The Balaban J connectivity index is 2.27. The van der Waals surface area contributed by atoms with Gasteiger partial charge in [0, 0.05) is 24.3 Å². The molecule has 116 valence electrons. The lowest BCUT2D eigenvalue weighted by Gasteiger charge is -2.29. The van der Waals surface area contributed by atoms with Gasteiger partial charge in [-0.05, 0) is 25.8 Å². The minimum atomic E-state index is -0.0337. The molecule has 0 aromatic heterocycles. The number of nitrogen functional groups attached to an aromatic ring is 1. The second-order valence-corrected chi connectivity index (χ2v) is 5.40. The smallest absolute Gasteiger partial charge is 0.256 e. The first-order valence-electron chi connectivity index (χ1n) is 7.58. The maximum atomic E-state index is 12.8. The van der Waals surface area contributed by atoms with Crippen molar-refractivity contribution >= 4 is 11.6 Å². The van der Waals surface area contributed by atoms with Crippen LogP contribution in [0.5, 0.6) is 11.5 Å². The Morgan fingerprint density at radius 2 is 2.00 bits per heavy atom. The van der Waals surface area contributed by atoms with Gasteiger partial charge in [-0.2, -0.15) is 0 Å². The van der Waals surface area contributed by atoms with E-state index in [1.807, 2.05) is 4.90 Å². The largest absolute Gasteiger partial charge is 0.454 e. The predicted octanol–water partition coefficient (Wildman–Crippen LogP) is 3.04. The van der Waals surface area contributed by atoms with E-state index in [4.69, 9.17) is 15.2 Å². The molecule has 0 saturated carbocycles. The Hall–Kier alpha value is -1.91. The van der Waals surface area contributed by atoms with Crippen molar-refractivity contribution in [2.75, 3.05) is 19.1 Å². The Morgan fingerprint density at radius 1 is 1.33 bits per heavy atom. The second-order valence-electron chi connectivity index (χ2n) is 5.40. The molecule has 0 aliphatic carbocycles. The molecular weight excluding hydrogens is 268 g/mol. The minimum absolute atomic E-state index is 0.0337. The lowest BCUT2D eigenvalue weighted by Crippen LogP contribution is -2.39. The van der Waals surface area contributed by atoms with Crippen molar-refractivity contribution in [2.24, 2.45) is 0 Å². The summed E-state index contributed by atoms with van der Waals surface area (Å²) < 4.78 is 10.6. The zero-order valence-corrected chi connectivity index (χ0v) is 13.0. The highest BCUT2D eigenvalue weighted by Crippen LogP contribution is 2.36. The molecule has 5 nitrogen and oxygen atoms in total. The molecule has 0 spiro atoms. The number of fused-ring (bicyclic) bond motifs is 1. The van der Waals surface area contributed by atoms with Crippen molar-refractivity contribution in [3.63, 3.8) is 0 Å². The van der Waals surface area contributed by atoms with Crippen molar-refractivity contribution in [1.82, 2.24) is 4.90 Å². The summed E-state index contributed by atoms with van der Waals surface area (Å²) in [7, 11) is 0. The van der Waals surface area contributed by atoms with Crippen molar-refractivity contribution < 1.29 is 14.3 Å². The summed E-state index contributed by atoms with van der Waals surface area (Å²) in [6, 6.07) is 3.56. The van der Waals surface area contributed by atoms with Crippen molar-refractivity contribution in [2.45, 2.75) is 46.1 Å². The average molecular weight is 292 g/mol. The van der Waals surface area contributed by atoms with Crippen LogP contribution in [0.2, 0.25) is 0 Å². The van der Waals surface area contributed by atoms with Gasteiger partial charge in [-0.3, -0.25) is 4.79 Å². The van der Waals surface area contributed by atoms with E-state index < -0.39 is 0 Å². The molecule has 0 saturated heterocycles. The molecule has 1 amide bonds. The minimum Gasteiger partial charge on any atom is -0.454 e. The summed E-state index contributed by atoms with van der Waals surface area (Å²) in [5, 5.41) is 0. The van der Waals surface area contributed by atoms with Crippen LogP contribution in [0.1, 0.15) is 50.4 Å². The third kappa shape index (κ3) is 3.23. The van der Waals surface area contributed by atoms with E-state index in [1.54, 1.807) is 12.1 Å². The maximum absolute atomic E-state index is 12.8. The number of nitrogens with two attached hydrogens (primary N) is 1. The zero-order valence-electron chi connectivity index (χ0n) is 13.0. The van der Waals surface area contributed by atoms with Gasteiger partial charge in [-0.15, -0.1) is 0 Å². The first-order valence-corrected chi connectivity index (χ1v) is 7.58. The standard InChI is InChI=1S/C16H24N2O3/c1-4-6-7-18(11(3)5-2)16(19)12-8-14-15(9-13(12)17)21-10-20-14/h8-9,11H,4-7,10,17H2,1-3H3. The van der Waals surface area contributed by atoms with Gasteiger partial charge in [-0.25, -0.2) is 0 Å². The highest BCUT2D eigenvalue weighted by molar-refractivity contribution is 6.00. The molecule has 1 aliphatic heterocycles. The Bertz CT molecular complexity index is 516. The quantitative estimate of drug-likeness (QED) is 0.818. The van der Waals surface area contributed by atoms with E-state index in [0.717, 1.165) is 25.8 Å². The number of amides is 1. The van der Waals surface area contributed by atoms with Crippen LogP contribution in [0.3, 0.4) is 0 Å². The van der Waals surface area contributed by atoms with Crippen molar-refractivity contribution in [3.8, 4) is 11.5 Å². The van der Waals surface area contributed by atoms with Crippen LogP contribution in [-0.2, 0) is 0 Å². The van der Waals surface area contributed by atoms with E-state index in [0.29, 0.717) is 22.7 Å². The lowest BCUT2D eigenvalue weighted by molar-refractivity contribution is 0.0686. The van der Waals surface area contributed by atoms with Crippen LogP contribution in [0.15, 0.2) is 12.1 Å². The summed E-state index contributed by atoms with van der Waals surface area (Å²) in [5.74, 6) is 1.16. The molecule has 0 fully saturated rings. The Kier molecular flexibility index (Phi) is 4.94. The predicted molar refractivity (Wildman–Crippen MR) is 82.7 cm³/mol. The fourth-order valence-electron chi connectivity index (χ4n) is 2.37. The van der Waals surface area contributed by atoms with Gasteiger partial charge < -0.3 is 20.1 Å². The van der Waals surface area contributed by atoms with Gasteiger partial charge in [0.1, 0.15) is 0 Å². The number of hydrogen-bond acceptors (Lipinski definition) is 4. The lowest BCUT2D eigenvalue weighted by atomic mass is 10.1. The molecule has 1 aromatic rings. The number of benzene rings is 1. The van der Waals surface area contributed by atoms with Crippen LogP contribution < -0.4 is 15.2 Å². The molecule has 1 heterocycles. The zero-order chi connectivity index (χ0) is 15.4. The highest BCUT2D eigenvalue weighted by atomic mass is 16.7. The van der Waals surface area contributed by atoms with Crippen LogP contribution >= 0.6 is 0 Å². The third-order valence-electron chi connectivity index (χ3n) is 3.91. The number of unbranched alkanes of at least 4 members (excludes halogenated alkanes) is 1. The summed E-state index contributed by atoms with van der Waals surface area (Å²) in [6.07, 6.45) is 2.96. The fraction of sp³-hybridized carbons (Fsp3) is 0.562. The van der Waals surface area contributed by atoms with Gasteiger partial charge in [-0.1, -0.05) is 20.3 Å². The molecule has 2 N–H and O–H groups in total. The van der Waals surface area contributed by atoms with Crippen molar-refractivity contribution in [3.05, 3.63) is 17.7 Å². The molecule has 1 unspecified atom stereocenters. The average Bonchev–Trinajstić information content (AvgIpc) is 2.93. The number of carbonyl (C=O) groups is 1. The number of nitrogens with zero attached hydrogens (tertiary/aromatic N) is 1. The van der Waals surface area contributed by atoms with E-state index >= 15 is 0 Å².